The molecule has 1 rings (SSSR count). The van der Waals surface area contributed by atoms with Gasteiger partial charge in [-0.25, -0.2) is 4.21 Å². The van der Waals surface area contributed by atoms with Crippen molar-refractivity contribution in [1.29, 1.82) is 0 Å². The van der Waals surface area contributed by atoms with E-state index in [1.807, 2.05) is 69.4 Å². The smallest absolute Gasteiger partial charge is 0.145 e. The third-order valence-electron chi connectivity index (χ3n) is 1.80. The number of hydrogen-bond acceptors (Lipinski definition) is 1. The van der Waals surface area contributed by atoms with Gasteiger partial charge in [0, 0.05) is 0 Å². The monoisotopic (exact) mass is 235 g/mol. The van der Waals surface area contributed by atoms with Crippen molar-refractivity contribution >= 4 is 16.7 Å². The Kier molecular flexibility index (Phi) is 4.62. The summed E-state index contributed by atoms with van der Waals surface area (Å²) < 4.78 is 15.7. The molecule has 1 atom stereocenters. The molecule has 2 nitrogen and oxygen atoms in total. The van der Waals surface area contributed by atoms with Crippen LogP contribution in [0.2, 0.25) is 0 Å². The summed E-state index contributed by atoms with van der Waals surface area (Å²) in [7, 11) is -1.22. The molecular formula is C13H17NOS. The second-order valence-corrected chi connectivity index (χ2v) is 6.27. The van der Waals surface area contributed by atoms with Crippen molar-refractivity contribution in [2.45, 2.75) is 25.5 Å². The topological polar surface area (TPSA) is 29.4 Å². The Balaban J connectivity index is 2.94. The van der Waals surface area contributed by atoms with Gasteiger partial charge < -0.3 is 0 Å². The summed E-state index contributed by atoms with van der Waals surface area (Å²) in [5, 5.41) is 0. The Morgan fingerprint density at radius 3 is 1.81 bits per heavy atom. The van der Waals surface area contributed by atoms with Crippen molar-refractivity contribution in [2.75, 3.05) is 0 Å². The number of rotatable bonds is 1. The van der Waals surface area contributed by atoms with Crippen molar-refractivity contribution in [3.63, 3.8) is 0 Å². The molecule has 3 heteroatoms. The van der Waals surface area contributed by atoms with Crippen molar-refractivity contribution < 1.29 is 4.21 Å². The van der Waals surface area contributed by atoms with E-state index in [9.17, 15) is 4.21 Å². The van der Waals surface area contributed by atoms with Crippen LogP contribution in [-0.4, -0.2) is 14.7 Å². The minimum atomic E-state index is -1.22. The predicted molar refractivity (Wildman–Crippen MR) is 71.9 cm³/mol. The maximum absolute atomic E-state index is 11.8. The van der Waals surface area contributed by atoms with Crippen LogP contribution in [0.1, 0.15) is 20.8 Å². The summed E-state index contributed by atoms with van der Waals surface area (Å²) in [5.74, 6) is 0. The molecule has 0 amide bonds. The molecule has 0 fully saturated rings. The first-order valence-electron chi connectivity index (χ1n) is 5.19. The van der Waals surface area contributed by atoms with Crippen molar-refractivity contribution in [3.8, 4) is 0 Å². The molecule has 0 aromatic carbocycles. The molecule has 0 aliphatic heterocycles. The number of nitrogens with zero attached hydrogens (tertiary/aromatic N) is 1. The highest BCUT2D eigenvalue weighted by Crippen LogP contribution is 2.12. The predicted octanol–water partition coefficient (Wildman–Crippen LogP) is 3.13. The molecule has 0 radical (unpaired) electrons. The Labute approximate surface area is 99.8 Å². The Hall–Kier alpha value is -1.22. The summed E-state index contributed by atoms with van der Waals surface area (Å²) in [4.78, 5) is 0. The minimum absolute atomic E-state index is 0.321. The Morgan fingerprint density at radius 1 is 0.938 bits per heavy atom. The van der Waals surface area contributed by atoms with Crippen LogP contribution in [0.5, 0.6) is 0 Å². The lowest BCUT2D eigenvalue weighted by Gasteiger charge is -2.13. The third-order valence-corrected chi connectivity index (χ3v) is 3.23. The average Bonchev–Trinajstić information content (AvgIpc) is 2.30. The van der Waals surface area contributed by atoms with Gasteiger partial charge in [-0.3, -0.25) is 0 Å². The van der Waals surface area contributed by atoms with Crippen molar-refractivity contribution in [1.82, 2.24) is 0 Å². The summed E-state index contributed by atoms with van der Waals surface area (Å²) in [5.41, 5.74) is 0.726. The normalized spacial score (nSPS) is 25.8. The van der Waals surface area contributed by atoms with Gasteiger partial charge in [0.2, 0.25) is 0 Å². The van der Waals surface area contributed by atoms with Gasteiger partial charge in [0.25, 0.3) is 0 Å². The largest absolute Gasteiger partial charge is 0.234 e. The maximum Gasteiger partial charge on any atom is 0.145 e. The molecule has 0 heterocycles. The highest BCUT2D eigenvalue weighted by Gasteiger charge is 2.18. The van der Waals surface area contributed by atoms with E-state index in [-0.39, 0.29) is 4.75 Å². The molecule has 1 unspecified atom stereocenters. The molecule has 0 spiro atoms. The summed E-state index contributed by atoms with van der Waals surface area (Å²) in [6.45, 7) is 5.74. The van der Waals surface area contributed by atoms with E-state index in [0.717, 1.165) is 5.71 Å². The summed E-state index contributed by atoms with van der Waals surface area (Å²) in [6, 6.07) is 0. The molecule has 0 N–H and O–H groups in total. The zero-order valence-electron chi connectivity index (χ0n) is 9.88. The van der Waals surface area contributed by atoms with Gasteiger partial charge in [-0.15, -0.1) is 0 Å². The highest BCUT2D eigenvalue weighted by atomic mass is 32.2. The fourth-order valence-corrected chi connectivity index (χ4v) is 1.50. The Morgan fingerprint density at radius 2 is 1.38 bits per heavy atom. The second kappa shape index (κ2) is 5.75. The molecule has 0 bridgehead atoms. The van der Waals surface area contributed by atoms with Crippen LogP contribution in [0.15, 0.2) is 53.0 Å². The van der Waals surface area contributed by atoms with E-state index < -0.39 is 11.0 Å². The molecule has 0 aromatic rings. The molecule has 1 aliphatic rings. The fraction of sp³-hybridized carbons (Fsp3) is 0.308. The second-order valence-electron chi connectivity index (χ2n) is 4.37. The summed E-state index contributed by atoms with van der Waals surface area (Å²) in [6.07, 6.45) is 15.2. The van der Waals surface area contributed by atoms with Crippen LogP contribution < -0.4 is 0 Å². The zero-order valence-corrected chi connectivity index (χ0v) is 10.7. The first-order chi connectivity index (χ1) is 7.50. The molecule has 0 saturated carbocycles. The zero-order chi connectivity index (χ0) is 12.0. The lowest BCUT2D eigenvalue weighted by atomic mass is 10.3. The van der Waals surface area contributed by atoms with Crippen LogP contribution in [-0.2, 0) is 11.0 Å². The standard InChI is InChI=1S/C13H17NOS/c1-13(2,3)16(15)14-12-10-8-6-4-5-7-9-11-12/h4-11H,1-3H3/b6-4-,7-5-,10-8-,11-9-. The summed E-state index contributed by atoms with van der Waals surface area (Å²) >= 11 is 0. The van der Waals surface area contributed by atoms with E-state index in [1.54, 1.807) is 0 Å². The van der Waals surface area contributed by atoms with Gasteiger partial charge in [-0.05, 0) is 32.9 Å². The van der Waals surface area contributed by atoms with E-state index in [4.69, 9.17) is 0 Å². The van der Waals surface area contributed by atoms with Crippen LogP contribution in [0.4, 0.5) is 0 Å². The molecule has 0 saturated heterocycles. The van der Waals surface area contributed by atoms with Gasteiger partial charge in [-0.2, -0.15) is 4.40 Å². The molecule has 0 aromatic heterocycles. The first-order valence-corrected chi connectivity index (χ1v) is 6.29. The average molecular weight is 235 g/mol. The fourth-order valence-electron chi connectivity index (χ4n) is 0.914. The third kappa shape index (κ3) is 4.53. The van der Waals surface area contributed by atoms with Gasteiger partial charge in [-0.1, -0.05) is 36.5 Å². The number of allylic oxidation sites excluding steroid dienone is 8. The molecular weight excluding hydrogens is 218 g/mol. The highest BCUT2D eigenvalue weighted by molar-refractivity contribution is 7.85. The maximum atomic E-state index is 11.8. The van der Waals surface area contributed by atoms with Gasteiger partial charge >= 0.3 is 0 Å². The number of hydrogen-bond donors (Lipinski definition) is 0. The van der Waals surface area contributed by atoms with Crippen molar-refractivity contribution in [2.24, 2.45) is 4.40 Å². The molecule has 86 valence electrons. The van der Waals surface area contributed by atoms with Gasteiger partial charge in [0.1, 0.15) is 11.0 Å². The van der Waals surface area contributed by atoms with Crippen LogP contribution in [0, 0.1) is 0 Å². The Bertz CT molecular complexity index is 382. The molecule has 16 heavy (non-hydrogen) atoms. The van der Waals surface area contributed by atoms with Crippen molar-refractivity contribution in [3.05, 3.63) is 48.6 Å². The van der Waals surface area contributed by atoms with Gasteiger partial charge in [0.05, 0.1) is 10.5 Å². The van der Waals surface area contributed by atoms with E-state index >= 15 is 0 Å². The van der Waals surface area contributed by atoms with Gasteiger partial charge in [0.15, 0.2) is 0 Å². The SMILES string of the molecule is CC(C)(C)S(=O)N=C1\C=C/C=C\C=C/C=C\1. The first kappa shape index (κ1) is 12.8. The molecule has 1 aliphatic carbocycles. The van der Waals surface area contributed by atoms with Crippen LogP contribution in [0.3, 0.4) is 0 Å². The van der Waals surface area contributed by atoms with E-state index in [1.165, 1.54) is 0 Å². The van der Waals surface area contributed by atoms with Crippen LogP contribution in [0.25, 0.3) is 0 Å². The van der Waals surface area contributed by atoms with E-state index in [2.05, 4.69) is 4.40 Å². The minimum Gasteiger partial charge on any atom is -0.234 e. The quantitative estimate of drug-likeness (QED) is 0.686. The lowest BCUT2D eigenvalue weighted by Crippen LogP contribution is -2.20. The van der Waals surface area contributed by atoms with E-state index in [0.29, 0.717) is 0 Å². The lowest BCUT2D eigenvalue weighted by molar-refractivity contribution is 0.651. The van der Waals surface area contributed by atoms with Crippen LogP contribution >= 0.6 is 0 Å².